The van der Waals surface area contributed by atoms with Gasteiger partial charge >= 0.3 is 0 Å². The normalized spacial score (nSPS) is 21.7. The molecular weight excluding hydrogens is 258 g/mol. The van der Waals surface area contributed by atoms with Gasteiger partial charge in [-0.2, -0.15) is 0 Å². The lowest BCUT2D eigenvalue weighted by Gasteiger charge is -2.34. The van der Waals surface area contributed by atoms with Gasteiger partial charge in [0, 0.05) is 30.6 Å². The van der Waals surface area contributed by atoms with Gasteiger partial charge in [-0.05, 0) is 25.8 Å². The predicted octanol–water partition coefficient (Wildman–Crippen LogP) is 2.24. The first-order chi connectivity index (χ1) is 9.22. The molecule has 0 radical (unpaired) electrons. The molecule has 0 saturated carbocycles. The molecule has 2 atom stereocenters. The Labute approximate surface area is 119 Å². The Hall–Kier alpha value is -0.940. The van der Waals surface area contributed by atoms with Crippen molar-refractivity contribution in [3.63, 3.8) is 0 Å². The second-order valence-corrected chi connectivity index (χ2v) is 6.13. The number of rotatable bonds is 6. The number of nitrogens with one attached hydrogen (secondary N) is 1. The average Bonchev–Trinajstić information content (AvgIpc) is 2.94. The minimum Gasteiger partial charge on any atom is -0.341 e. The first-order valence-electron chi connectivity index (χ1n) is 7.14. The van der Waals surface area contributed by atoms with Crippen LogP contribution >= 0.6 is 11.3 Å². The van der Waals surface area contributed by atoms with Gasteiger partial charge in [-0.1, -0.05) is 13.8 Å². The molecule has 2 rings (SSSR count). The van der Waals surface area contributed by atoms with Crippen molar-refractivity contribution < 1.29 is 4.79 Å². The van der Waals surface area contributed by atoms with E-state index in [1.165, 1.54) is 0 Å². The molecule has 5 heteroatoms. The fraction of sp³-hybridized carbons (Fsp3) is 0.714. The highest BCUT2D eigenvalue weighted by Crippen LogP contribution is 2.21. The van der Waals surface area contributed by atoms with Crippen molar-refractivity contribution in [2.45, 2.75) is 45.1 Å². The van der Waals surface area contributed by atoms with E-state index in [9.17, 15) is 4.79 Å². The van der Waals surface area contributed by atoms with Gasteiger partial charge in [0.05, 0.1) is 11.0 Å². The minimum atomic E-state index is 0.0252. The third-order valence-electron chi connectivity index (χ3n) is 3.54. The minimum absolute atomic E-state index is 0.0252. The summed E-state index contributed by atoms with van der Waals surface area (Å²) >= 11 is 1.67. The predicted molar refractivity (Wildman–Crippen MR) is 78.4 cm³/mol. The Bertz CT molecular complexity index is 393. The number of hydrogen-bond acceptors (Lipinski definition) is 4. The third-order valence-corrected chi connectivity index (χ3v) is 4.55. The Kier molecular flexibility index (Phi) is 5.34. The van der Waals surface area contributed by atoms with Gasteiger partial charge in [0.1, 0.15) is 0 Å². The van der Waals surface area contributed by atoms with Crippen molar-refractivity contribution in [2.24, 2.45) is 0 Å². The van der Waals surface area contributed by atoms with Gasteiger partial charge < -0.3 is 10.2 Å². The van der Waals surface area contributed by atoms with Gasteiger partial charge in [-0.15, -0.1) is 11.3 Å². The van der Waals surface area contributed by atoms with Crippen molar-refractivity contribution in [3.8, 4) is 0 Å². The maximum atomic E-state index is 12.4. The Morgan fingerprint density at radius 2 is 2.47 bits per heavy atom. The maximum absolute atomic E-state index is 12.4. The number of aromatic nitrogens is 1. The van der Waals surface area contributed by atoms with Gasteiger partial charge in [0.15, 0.2) is 0 Å². The van der Waals surface area contributed by atoms with Gasteiger partial charge in [0.2, 0.25) is 5.91 Å². The average molecular weight is 281 g/mol. The summed E-state index contributed by atoms with van der Waals surface area (Å²) in [5.41, 5.74) is 0. The Morgan fingerprint density at radius 3 is 3.16 bits per heavy atom. The van der Waals surface area contributed by atoms with Crippen LogP contribution in [0, 0.1) is 0 Å². The van der Waals surface area contributed by atoms with E-state index in [1.54, 1.807) is 11.3 Å². The number of nitrogens with zero attached hydrogens (tertiary/aromatic N) is 2. The molecule has 2 unspecified atom stereocenters. The smallest absolute Gasteiger partial charge is 0.239 e. The summed E-state index contributed by atoms with van der Waals surface area (Å²) < 4.78 is 0. The number of likely N-dealkylation sites (tertiary alicyclic amines) is 1. The molecule has 1 saturated heterocycles. The molecule has 1 aliphatic rings. The van der Waals surface area contributed by atoms with E-state index in [-0.39, 0.29) is 11.9 Å². The summed E-state index contributed by atoms with van der Waals surface area (Å²) in [6.45, 7) is 6.87. The molecule has 1 fully saturated rings. The van der Waals surface area contributed by atoms with Gasteiger partial charge in [0.25, 0.3) is 0 Å². The number of amides is 1. The highest BCUT2D eigenvalue weighted by Gasteiger charge is 2.29. The number of hydrogen-bond donors (Lipinski definition) is 1. The zero-order chi connectivity index (χ0) is 13.7. The molecule has 4 nitrogen and oxygen atoms in total. The van der Waals surface area contributed by atoms with Crippen LogP contribution in [0.15, 0.2) is 11.6 Å². The molecule has 1 aliphatic heterocycles. The fourth-order valence-electron chi connectivity index (χ4n) is 2.52. The van der Waals surface area contributed by atoms with Crippen molar-refractivity contribution in [1.29, 1.82) is 0 Å². The molecular formula is C14H23N3OS. The van der Waals surface area contributed by atoms with Crippen LogP contribution < -0.4 is 5.32 Å². The summed E-state index contributed by atoms with van der Waals surface area (Å²) in [6.07, 6.45) is 4.97. The SMILES string of the molecule is CCCNC1CCCN(CC(C)c2nccs2)C1=O. The topological polar surface area (TPSA) is 45.2 Å². The van der Waals surface area contributed by atoms with Crippen LogP contribution in [0.2, 0.25) is 0 Å². The standard InChI is InChI=1S/C14H23N3OS/c1-3-6-15-12-5-4-8-17(14(12)18)10-11(2)13-16-7-9-19-13/h7,9,11-12,15H,3-6,8,10H2,1-2H3. The lowest BCUT2D eigenvalue weighted by atomic mass is 10.0. The molecule has 106 valence electrons. The molecule has 1 aromatic rings. The van der Waals surface area contributed by atoms with Crippen LogP contribution in [0.25, 0.3) is 0 Å². The summed E-state index contributed by atoms with van der Waals surface area (Å²) in [4.78, 5) is 18.7. The van der Waals surface area contributed by atoms with Crippen LogP contribution in [-0.2, 0) is 4.79 Å². The second-order valence-electron chi connectivity index (χ2n) is 5.20. The van der Waals surface area contributed by atoms with Crippen molar-refractivity contribution >= 4 is 17.2 Å². The maximum Gasteiger partial charge on any atom is 0.239 e. The van der Waals surface area contributed by atoms with Gasteiger partial charge in [-0.3, -0.25) is 4.79 Å². The lowest BCUT2D eigenvalue weighted by molar-refractivity contribution is -0.136. The van der Waals surface area contributed by atoms with Crippen LogP contribution in [0.3, 0.4) is 0 Å². The monoisotopic (exact) mass is 281 g/mol. The molecule has 0 spiro atoms. The second kappa shape index (κ2) is 7.01. The first-order valence-corrected chi connectivity index (χ1v) is 8.02. The summed E-state index contributed by atoms with van der Waals surface area (Å²) in [6, 6.07) is 0.0252. The Morgan fingerprint density at radius 1 is 1.63 bits per heavy atom. The molecule has 1 N–H and O–H groups in total. The van der Waals surface area contributed by atoms with E-state index in [4.69, 9.17) is 0 Å². The lowest BCUT2D eigenvalue weighted by Crippen LogP contribution is -2.51. The highest BCUT2D eigenvalue weighted by atomic mass is 32.1. The molecule has 0 aromatic carbocycles. The number of carbonyl (C=O) groups is 1. The fourth-order valence-corrected chi connectivity index (χ4v) is 3.21. The largest absolute Gasteiger partial charge is 0.341 e. The summed E-state index contributed by atoms with van der Waals surface area (Å²) in [7, 11) is 0. The van der Waals surface area contributed by atoms with E-state index in [1.807, 2.05) is 16.5 Å². The van der Waals surface area contributed by atoms with Crippen LogP contribution in [0.4, 0.5) is 0 Å². The number of carbonyl (C=O) groups excluding carboxylic acids is 1. The van der Waals surface area contributed by atoms with Crippen LogP contribution in [0.1, 0.15) is 44.0 Å². The molecule has 1 amide bonds. The zero-order valence-electron chi connectivity index (χ0n) is 11.8. The number of piperidine rings is 1. The Balaban J connectivity index is 1.90. The zero-order valence-corrected chi connectivity index (χ0v) is 12.6. The molecule has 2 heterocycles. The van der Waals surface area contributed by atoms with E-state index in [2.05, 4.69) is 24.1 Å². The van der Waals surface area contributed by atoms with Crippen molar-refractivity contribution in [2.75, 3.05) is 19.6 Å². The van der Waals surface area contributed by atoms with E-state index in [0.29, 0.717) is 5.92 Å². The van der Waals surface area contributed by atoms with Crippen molar-refractivity contribution in [1.82, 2.24) is 15.2 Å². The summed E-state index contributed by atoms with van der Waals surface area (Å²) in [5, 5.41) is 6.47. The van der Waals surface area contributed by atoms with Crippen molar-refractivity contribution in [3.05, 3.63) is 16.6 Å². The highest BCUT2D eigenvalue weighted by molar-refractivity contribution is 7.09. The quantitative estimate of drug-likeness (QED) is 0.870. The third kappa shape index (κ3) is 3.76. The molecule has 19 heavy (non-hydrogen) atoms. The number of thiazole rings is 1. The first kappa shape index (κ1) is 14.5. The molecule has 0 bridgehead atoms. The van der Waals surface area contributed by atoms with Crippen LogP contribution in [0.5, 0.6) is 0 Å². The molecule has 0 aliphatic carbocycles. The van der Waals surface area contributed by atoms with Crippen LogP contribution in [-0.4, -0.2) is 41.5 Å². The van der Waals surface area contributed by atoms with E-state index < -0.39 is 0 Å². The van der Waals surface area contributed by atoms with E-state index in [0.717, 1.165) is 43.9 Å². The molecule has 1 aromatic heterocycles. The summed E-state index contributed by atoms with van der Waals surface area (Å²) in [5.74, 6) is 0.594. The van der Waals surface area contributed by atoms with E-state index >= 15 is 0 Å². The van der Waals surface area contributed by atoms with Gasteiger partial charge in [-0.25, -0.2) is 4.98 Å².